The molecule has 2 heterocycles. The first-order valence-electron chi connectivity index (χ1n) is 4.95. The predicted molar refractivity (Wildman–Crippen MR) is 53.6 cm³/mol. The van der Waals surface area contributed by atoms with Crippen LogP contribution in [0.25, 0.3) is 0 Å². The van der Waals surface area contributed by atoms with Crippen LogP contribution in [0.15, 0.2) is 22.8 Å². The van der Waals surface area contributed by atoms with Crippen molar-refractivity contribution in [1.82, 2.24) is 10.2 Å². The first-order valence-corrected chi connectivity index (χ1v) is 4.95. The summed E-state index contributed by atoms with van der Waals surface area (Å²) in [6.45, 7) is 0.874. The number of hydrogen-bond acceptors (Lipinski definition) is 3. The number of rotatable bonds is 3. The zero-order chi connectivity index (χ0) is 11.5. The number of amides is 2. The largest absolute Gasteiger partial charge is 0.481 e. The van der Waals surface area contributed by atoms with Crippen molar-refractivity contribution in [1.29, 1.82) is 0 Å². The van der Waals surface area contributed by atoms with E-state index in [1.165, 1.54) is 11.2 Å². The molecule has 0 radical (unpaired) electrons. The Bertz CT molecular complexity index is 382. The van der Waals surface area contributed by atoms with Crippen LogP contribution in [0, 0.1) is 5.92 Å². The van der Waals surface area contributed by atoms with E-state index in [1.54, 1.807) is 12.1 Å². The van der Waals surface area contributed by atoms with Gasteiger partial charge in [0.2, 0.25) is 0 Å². The maximum absolute atomic E-state index is 11.5. The Balaban J connectivity index is 1.72. The molecular weight excluding hydrogens is 212 g/mol. The second-order valence-corrected chi connectivity index (χ2v) is 3.68. The average molecular weight is 224 g/mol. The number of hydrogen-bond donors (Lipinski definition) is 2. The lowest BCUT2D eigenvalue weighted by atomic mass is 10.0. The number of carbonyl (C=O) groups excluding carboxylic acids is 1. The lowest BCUT2D eigenvalue weighted by molar-refractivity contribution is -0.146. The molecule has 0 spiro atoms. The summed E-state index contributed by atoms with van der Waals surface area (Å²) in [5.41, 5.74) is 0. The molecule has 16 heavy (non-hydrogen) atoms. The Morgan fingerprint density at radius 3 is 2.88 bits per heavy atom. The third-order valence-corrected chi connectivity index (χ3v) is 2.51. The van der Waals surface area contributed by atoms with Crippen molar-refractivity contribution in [2.45, 2.75) is 6.54 Å². The van der Waals surface area contributed by atoms with Crippen LogP contribution in [0.2, 0.25) is 0 Å². The van der Waals surface area contributed by atoms with Gasteiger partial charge in [-0.25, -0.2) is 4.79 Å². The van der Waals surface area contributed by atoms with Gasteiger partial charge in [-0.2, -0.15) is 0 Å². The van der Waals surface area contributed by atoms with E-state index in [0.717, 1.165) is 0 Å². The highest BCUT2D eigenvalue weighted by Gasteiger charge is 2.35. The Morgan fingerprint density at radius 1 is 1.56 bits per heavy atom. The fourth-order valence-electron chi connectivity index (χ4n) is 1.49. The molecule has 1 saturated heterocycles. The maximum atomic E-state index is 11.5. The van der Waals surface area contributed by atoms with Gasteiger partial charge in [-0.15, -0.1) is 0 Å². The predicted octanol–water partition coefficient (Wildman–Crippen LogP) is 0.506. The van der Waals surface area contributed by atoms with Crippen molar-refractivity contribution in [2.75, 3.05) is 13.1 Å². The molecule has 0 aromatic carbocycles. The van der Waals surface area contributed by atoms with Crippen LogP contribution >= 0.6 is 0 Å². The lowest BCUT2D eigenvalue weighted by Gasteiger charge is -2.36. The molecule has 2 rings (SSSR count). The van der Waals surface area contributed by atoms with E-state index < -0.39 is 11.9 Å². The van der Waals surface area contributed by atoms with Gasteiger partial charge in [0.05, 0.1) is 18.7 Å². The summed E-state index contributed by atoms with van der Waals surface area (Å²) >= 11 is 0. The van der Waals surface area contributed by atoms with E-state index in [1.807, 2.05) is 0 Å². The highest BCUT2D eigenvalue weighted by atomic mass is 16.4. The number of carbonyl (C=O) groups is 2. The smallest absolute Gasteiger partial charge is 0.317 e. The molecular formula is C10H12N2O4. The van der Waals surface area contributed by atoms with Crippen molar-refractivity contribution < 1.29 is 19.1 Å². The molecule has 6 heteroatoms. The Hall–Kier alpha value is -1.98. The number of likely N-dealkylation sites (tertiary alicyclic amines) is 1. The van der Waals surface area contributed by atoms with Crippen molar-refractivity contribution in [3.63, 3.8) is 0 Å². The van der Waals surface area contributed by atoms with E-state index in [-0.39, 0.29) is 19.1 Å². The summed E-state index contributed by atoms with van der Waals surface area (Å²) in [5, 5.41) is 11.3. The molecule has 0 atom stereocenters. The van der Waals surface area contributed by atoms with Gasteiger partial charge >= 0.3 is 12.0 Å². The summed E-state index contributed by atoms with van der Waals surface area (Å²) in [6.07, 6.45) is 1.53. The second-order valence-electron chi connectivity index (χ2n) is 3.68. The zero-order valence-corrected chi connectivity index (χ0v) is 8.55. The minimum atomic E-state index is -0.852. The second kappa shape index (κ2) is 4.26. The van der Waals surface area contributed by atoms with Gasteiger partial charge in [0.25, 0.3) is 0 Å². The fraction of sp³-hybridized carbons (Fsp3) is 0.400. The van der Waals surface area contributed by atoms with E-state index in [0.29, 0.717) is 12.3 Å². The monoisotopic (exact) mass is 224 g/mol. The van der Waals surface area contributed by atoms with Crippen molar-refractivity contribution in [3.05, 3.63) is 24.2 Å². The van der Waals surface area contributed by atoms with E-state index in [4.69, 9.17) is 9.52 Å². The third-order valence-electron chi connectivity index (χ3n) is 2.51. The molecule has 0 saturated carbocycles. The standard InChI is InChI=1S/C10H12N2O4/c13-9(14)7-5-12(6-7)10(15)11-4-8-2-1-3-16-8/h1-3,7H,4-6H2,(H,11,15)(H,13,14). The Kier molecular flexibility index (Phi) is 2.80. The van der Waals surface area contributed by atoms with Gasteiger partial charge in [0.15, 0.2) is 0 Å². The normalized spacial score (nSPS) is 15.6. The topological polar surface area (TPSA) is 82.8 Å². The molecule has 1 aromatic heterocycles. The highest BCUT2D eigenvalue weighted by molar-refractivity contribution is 5.79. The van der Waals surface area contributed by atoms with Crippen LogP contribution in [0.4, 0.5) is 4.79 Å². The number of nitrogens with zero attached hydrogens (tertiary/aromatic N) is 1. The first kappa shape index (κ1) is 10.5. The highest BCUT2D eigenvalue weighted by Crippen LogP contribution is 2.15. The molecule has 0 bridgehead atoms. The van der Waals surface area contributed by atoms with Gasteiger partial charge < -0.3 is 19.7 Å². The molecule has 2 amide bonds. The summed E-state index contributed by atoms with van der Waals surface area (Å²) in [4.78, 5) is 23.4. The zero-order valence-electron chi connectivity index (χ0n) is 8.55. The lowest BCUT2D eigenvalue weighted by Crippen LogP contribution is -2.56. The number of carboxylic acid groups (broad SMARTS) is 1. The van der Waals surface area contributed by atoms with Crippen LogP contribution in [0.1, 0.15) is 5.76 Å². The first-order chi connectivity index (χ1) is 7.66. The molecule has 6 nitrogen and oxygen atoms in total. The van der Waals surface area contributed by atoms with E-state index in [2.05, 4.69) is 5.32 Å². The maximum Gasteiger partial charge on any atom is 0.317 e. The van der Waals surface area contributed by atoms with Crippen LogP contribution in [-0.2, 0) is 11.3 Å². The number of aliphatic carboxylic acids is 1. The molecule has 1 aliphatic heterocycles. The average Bonchev–Trinajstić information content (AvgIpc) is 2.63. The number of nitrogens with one attached hydrogen (secondary N) is 1. The summed E-state index contributed by atoms with van der Waals surface area (Å²) < 4.78 is 5.05. The fourth-order valence-corrected chi connectivity index (χ4v) is 1.49. The van der Waals surface area contributed by atoms with Crippen LogP contribution in [0.5, 0.6) is 0 Å². The van der Waals surface area contributed by atoms with Crippen molar-refractivity contribution in [3.8, 4) is 0 Å². The van der Waals surface area contributed by atoms with Crippen LogP contribution < -0.4 is 5.32 Å². The van der Waals surface area contributed by atoms with Gasteiger partial charge in [-0.1, -0.05) is 0 Å². The molecule has 2 N–H and O–H groups in total. The van der Waals surface area contributed by atoms with E-state index >= 15 is 0 Å². The summed E-state index contributed by atoms with van der Waals surface area (Å²) in [7, 11) is 0. The molecule has 1 aliphatic rings. The van der Waals surface area contributed by atoms with E-state index in [9.17, 15) is 9.59 Å². The Labute approximate surface area is 91.8 Å². The van der Waals surface area contributed by atoms with Gasteiger partial charge in [0.1, 0.15) is 5.76 Å². The number of carboxylic acids is 1. The summed E-state index contributed by atoms with van der Waals surface area (Å²) in [6, 6.07) is 3.25. The van der Waals surface area contributed by atoms with Gasteiger partial charge in [-0.3, -0.25) is 4.79 Å². The van der Waals surface area contributed by atoms with Crippen LogP contribution in [0.3, 0.4) is 0 Å². The SMILES string of the molecule is O=C(O)C1CN(C(=O)NCc2ccco2)C1. The molecule has 0 aliphatic carbocycles. The molecule has 1 fully saturated rings. The Morgan fingerprint density at radius 2 is 2.31 bits per heavy atom. The summed E-state index contributed by atoms with van der Waals surface area (Å²) in [5.74, 6) is -0.604. The molecule has 0 unspecified atom stereocenters. The van der Waals surface area contributed by atoms with Gasteiger partial charge in [0, 0.05) is 13.1 Å². The van der Waals surface area contributed by atoms with Crippen LogP contribution in [-0.4, -0.2) is 35.1 Å². The minimum absolute atomic E-state index is 0.256. The van der Waals surface area contributed by atoms with Crippen molar-refractivity contribution >= 4 is 12.0 Å². The number of furan rings is 1. The van der Waals surface area contributed by atoms with Gasteiger partial charge in [-0.05, 0) is 12.1 Å². The molecule has 86 valence electrons. The third kappa shape index (κ3) is 2.16. The molecule has 1 aromatic rings. The quantitative estimate of drug-likeness (QED) is 0.783. The van der Waals surface area contributed by atoms with Crippen molar-refractivity contribution in [2.24, 2.45) is 5.92 Å². The minimum Gasteiger partial charge on any atom is -0.481 e. The number of urea groups is 1.